The van der Waals surface area contributed by atoms with Gasteiger partial charge in [-0.05, 0) is 23.8 Å². The Bertz CT molecular complexity index is 1040. The Balaban J connectivity index is 2.70. The van der Waals surface area contributed by atoms with E-state index in [2.05, 4.69) is 9.50 Å². The lowest BCUT2D eigenvalue weighted by Gasteiger charge is -2.30. The highest BCUT2D eigenvalue weighted by atomic mass is 32.2. The second-order valence-electron chi connectivity index (χ2n) is 6.95. The number of nitrogens with zero attached hydrogens (tertiary/aromatic N) is 2. The van der Waals surface area contributed by atoms with Gasteiger partial charge in [-0.2, -0.15) is 31.8 Å². The maximum absolute atomic E-state index is 12.8. The molecule has 0 saturated heterocycles. The normalized spacial score (nSPS) is 17.7. The molecule has 29 heavy (non-hydrogen) atoms. The summed E-state index contributed by atoms with van der Waals surface area (Å²) in [6.07, 6.45) is 6.34. The SMILES string of the molecule is CC(C)(C)C1=CC(=C2C=CC(=[N+]([O-])[O-])C=C2)C(C#N)=C(OS(=O)(=O)C(F)(F)F)N1. The van der Waals surface area contributed by atoms with Gasteiger partial charge in [0.15, 0.2) is 0 Å². The third-order valence-electron chi connectivity index (χ3n) is 3.82. The minimum Gasteiger partial charge on any atom is -0.612 e. The largest absolute Gasteiger partial charge is 0.612 e. The Kier molecular flexibility index (Phi) is 5.58. The second-order valence-corrected chi connectivity index (χ2v) is 8.49. The summed E-state index contributed by atoms with van der Waals surface area (Å²) in [6.45, 7) is 5.10. The van der Waals surface area contributed by atoms with Crippen molar-refractivity contribution >= 4 is 15.8 Å². The van der Waals surface area contributed by atoms with E-state index in [4.69, 9.17) is 0 Å². The van der Waals surface area contributed by atoms with Crippen LogP contribution < -0.4 is 5.32 Å². The van der Waals surface area contributed by atoms with E-state index in [0.717, 1.165) is 12.2 Å². The van der Waals surface area contributed by atoms with Crippen LogP contribution in [0.1, 0.15) is 20.8 Å². The number of rotatable bonds is 2. The summed E-state index contributed by atoms with van der Waals surface area (Å²) >= 11 is 0. The van der Waals surface area contributed by atoms with Crippen LogP contribution in [-0.2, 0) is 14.3 Å². The summed E-state index contributed by atoms with van der Waals surface area (Å²) in [5, 5.41) is 33.5. The molecule has 156 valence electrons. The first-order valence-corrected chi connectivity index (χ1v) is 9.34. The monoisotopic (exact) mass is 430 g/mol. The van der Waals surface area contributed by atoms with E-state index < -0.39 is 37.4 Å². The standard InChI is InChI=1S/C17H15F3N3O5S/c1-16(2,3)14-8-12(10-4-6-11(7-5-10)23(24)25)13(9-21)15(22-14)28-29(26,27)17(18,19)20/h4-8,22H,1-3H3/q-1. The molecular formula is C17H15F3N3O5S-. The van der Waals surface area contributed by atoms with Crippen LogP contribution in [0.5, 0.6) is 0 Å². The van der Waals surface area contributed by atoms with Crippen LogP contribution in [0.2, 0.25) is 0 Å². The van der Waals surface area contributed by atoms with Crippen LogP contribution >= 0.6 is 0 Å². The number of nitrogens with one attached hydrogen (secondary N) is 1. The van der Waals surface area contributed by atoms with Gasteiger partial charge in [-0.3, -0.25) is 0 Å². The van der Waals surface area contributed by atoms with E-state index in [1.165, 1.54) is 18.2 Å². The number of halogens is 3. The predicted octanol–water partition coefficient (Wildman–Crippen LogP) is 2.99. The number of nitriles is 1. The lowest BCUT2D eigenvalue weighted by atomic mass is 9.86. The predicted molar refractivity (Wildman–Crippen MR) is 96.7 cm³/mol. The summed E-state index contributed by atoms with van der Waals surface area (Å²) < 4.78 is 65.4. The third kappa shape index (κ3) is 4.62. The average Bonchev–Trinajstić information content (AvgIpc) is 2.59. The Labute approximate surface area is 164 Å². The summed E-state index contributed by atoms with van der Waals surface area (Å²) in [5.41, 5.74) is -6.54. The molecule has 0 fully saturated rings. The molecule has 1 N–H and O–H groups in total. The van der Waals surface area contributed by atoms with E-state index in [0.29, 0.717) is 0 Å². The Morgan fingerprint density at radius 2 is 1.69 bits per heavy atom. The molecule has 0 unspecified atom stereocenters. The molecule has 0 radical (unpaired) electrons. The van der Waals surface area contributed by atoms with Crippen LogP contribution in [0, 0.1) is 27.2 Å². The van der Waals surface area contributed by atoms with E-state index in [1.54, 1.807) is 26.8 Å². The topological polar surface area (TPSA) is 128 Å². The van der Waals surface area contributed by atoms with Crippen LogP contribution in [0.25, 0.3) is 0 Å². The first-order chi connectivity index (χ1) is 13.2. The van der Waals surface area contributed by atoms with Crippen LogP contribution in [0.3, 0.4) is 0 Å². The molecule has 0 aromatic carbocycles. The fourth-order valence-electron chi connectivity index (χ4n) is 2.28. The fourth-order valence-corrected chi connectivity index (χ4v) is 2.72. The molecule has 0 spiro atoms. The van der Waals surface area contributed by atoms with E-state index >= 15 is 0 Å². The fraction of sp³-hybridized carbons (Fsp3) is 0.294. The van der Waals surface area contributed by atoms with E-state index in [9.17, 15) is 37.3 Å². The van der Waals surface area contributed by atoms with Crippen LogP contribution in [-0.4, -0.2) is 24.5 Å². The van der Waals surface area contributed by atoms with Gasteiger partial charge in [0, 0.05) is 28.8 Å². The first-order valence-electron chi connectivity index (χ1n) is 7.94. The van der Waals surface area contributed by atoms with Crippen molar-refractivity contribution in [2.24, 2.45) is 5.41 Å². The molecule has 12 heteroatoms. The van der Waals surface area contributed by atoms with Crippen molar-refractivity contribution in [2.75, 3.05) is 0 Å². The van der Waals surface area contributed by atoms with Crippen molar-refractivity contribution in [3.8, 4) is 6.07 Å². The van der Waals surface area contributed by atoms with E-state index in [-0.39, 0.29) is 22.6 Å². The molecule has 0 saturated carbocycles. The maximum Gasteiger partial charge on any atom is 0.534 e. The summed E-state index contributed by atoms with van der Waals surface area (Å²) in [4.78, 5) is -0.640. The van der Waals surface area contributed by atoms with Gasteiger partial charge in [0.25, 0.3) is 0 Å². The van der Waals surface area contributed by atoms with Crippen molar-refractivity contribution < 1.29 is 30.7 Å². The highest BCUT2D eigenvalue weighted by Crippen LogP contribution is 2.36. The molecule has 0 amide bonds. The molecule has 1 aliphatic carbocycles. The molecule has 1 heterocycles. The van der Waals surface area contributed by atoms with Crippen molar-refractivity contribution in [1.82, 2.24) is 5.32 Å². The van der Waals surface area contributed by atoms with Gasteiger partial charge < -0.3 is 19.9 Å². The Morgan fingerprint density at radius 3 is 2.10 bits per heavy atom. The van der Waals surface area contributed by atoms with E-state index in [1.807, 2.05) is 0 Å². The molecule has 0 atom stereocenters. The molecule has 0 aromatic heterocycles. The molecule has 8 nitrogen and oxygen atoms in total. The highest BCUT2D eigenvalue weighted by molar-refractivity contribution is 7.87. The zero-order valence-corrected chi connectivity index (χ0v) is 16.2. The number of alkyl halides is 3. The molecule has 0 aromatic rings. The van der Waals surface area contributed by atoms with Gasteiger partial charge in [-0.15, -0.1) is 0 Å². The van der Waals surface area contributed by atoms with Crippen molar-refractivity contribution in [3.05, 3.63) is 69.1 Å². The van der Waals surface area contributed by atoms with Crippen molar-refractivity contribution in [3.63, 3.8) is 0 Å². The summed E-state index contributed by atoms with van der Waals surface area (Å²) in [5.74, 6) is -0.898. The lowest BCUT2D eigenvalue weighted by molar-refractivity contribution is -0.377. The van der Waals surface area contributed by atoms with Crippen molar-refractivity contribution in [2.45, 2.75) is 26.3 Å². The average molecular weight is 430 g/mol. The zero-order chi connectivity index (χ0) is 22.2. The zero-order valence-electron chi connectivity index (χ0n) is 15.4. The molecular weight excluding hydrogens is 415 g/mol. The highest BCUT2D eigenvalue weighted by Gasteiger charge is 2.49. The number of hydrogen-bond acceptors (Lipinski definition) is 7. The minimum atomic E-state index is -6.03. The molecule has 2 rings (SSSR count). The number of allylic oxidation sites excluding steroid dienone is 9. The quantitative estimate of drug-likeness (QED) is 0.309. The smallest absolute Gasteiger partial charge is 0.534 e. The second kappa shape index (κ2) is 7.32. The molecule has 0 bridgehead atoms. The van der Waals surface area contributed by atoms with Gasteiger partial charge in [0.05, 0.1) is 0 Å². The van der Waals surface area contributed by atoms with Crippen LogP contribution in [0.4, 0.5) is 13.2 Å². The number of hydrogen-bond donors (Lipinski definition) is 1. The maximum atomic E-state index is 12.8. The van der Waals surface area contributed by atoms with Gasteiger partial charge in [-0.1, -0.05) is 20.8 Å². The van der Waals surface area contributed by atoms with Gasteiger partial charge in [0.2, 0.25) is 11.6 Å². The van der Waals surface area contributed by atoms with Gasteiger partial charge >= 0.3 is 15.6 Å². The van der Waals surface area contributed by atoms with Gasteiger partial charge in [0.1, 0.15) is 11.6 Å². The molecule has 1 aliphatic heterocycles. The third-order valence-corrected chi connectivity index (χ3v) is 4.77. The minimum absolute atomic E-state index is 0.0541. The lowest BCUT2D eigenvalue weighted by Crippen LogP contribution is -2.34. The van der Waals surface area contributed by atoms with Crippen molar-refractivity contribution in [1.29, 1.82) is 5.26 Å². The van der Waals surface area contributed by atoms with Gasteiger partial charge in [-0.25, -0.2) is 0 Å². The molecule has 2 aliphatic rings. The first kappa shape index (κ1) is 22.1. The summed E-state index contributed by atoms with van der Waals surface area (Å²) in [7, 11) is -6.03. The Hall–Kier alpha value is -3.20. The Morgan fingerprint density at radius 1 is 1.14 bits per heavy atom. The number of dihydropyridines is 1. The van der Waals surface area contributed by atoms with Crippen LogP contribution in [0.15, 0.2) is 58.7 Å². The summed E-state index contributed by atoms with van der Waals surface area (Å²) in [6, 6.07) is 1.63.